The van der Waals surface area contributed by atoms with Crippen LogP contribution in [0.5, 0.6) is 5.75 Å². The Hall–Kier alpha value is -2.82. The molecule has 0 heterocycles. The maximum absolute atomic E-state index is 12.5. The molecule has 0 saturated carbocycles. The second-order valence-electron chi connectivity index (χ2n) is 5.44. The largest absolute Gasteiger partial charge is 0.496 e. The zero-order valence-corrected chi connectivity index (χ0v) is 14.0. The molecule has 2 rings (SSSR count). The lowest BCUT2D eigenvalue weighted by molar-refractivity contribution is -0.142. The van der Waals surface area contributed by atoms with E-state index in [1.54, 1.807) is 24.3 Å². The van der Waals surface area contributed by atoms with Crippen LogP contribution in [0.3, 0.4) is 0 Å². The summed E-state index contributed by atoms with van der Waals surface area (Å²) in [6, 6.07) is 13.9. The zero-order chi connectivity index (χ0) is 17.5. The van der Waals surface area contributed by atoms with Crippen molar-refractivity contribution in [3.05, 3.63) is 65.2 Å². The Morgan fingerprint density at radius 3 is 2.33 bits per heavy atom. The lowest BCUT2D eigenvalue weighted by Gasteiger charge is -2.17. The topological polar surface area (TPSA) is 64.6 Å². The highest BCUT2D eigenvalue weighted by Gasteiger charge is 2.23. The summed E-state index contributed by atoms with van der Waals surface area (Å²) < 4.78 is 10.0. The molecule has 126 valence electrons. The molecule has 0 aromatic heterocycles. The first-order valence-corrected chi connectivity index (χ1v) is 7.62. The van der Waals surface area contributed by atoms with Crippen LogP contribution in [0.1, 0.15) is 21.5 Å². The van der Waals surface area contributed by atoms with Gasteiger partial charge >= 0.3 is 5.97 Å². The SMILES string of the molecule is COC(=O)[C@@H](Cc1ccc(C)cc1)NC(=O)c1ccccc1OC. The molecule has 0 fully saturated rings. The van der Waals surface area contributed by atoms with Gasteiger partial charge in [0, 0.05) is 6.42 Å². The number of nitrogens with one attached hydrogen (secondary N) is 1. The number of rotatable bonds is 6. The van der Waals surface area contributed by atoms with Crippen LogP contribution in [0.4, 0.5) is 0 Å². The number of amides is 1. The molecular formula is C19H21NO4. The smallest absolute Gasteiger partial charge is 0.328 e. The molecule has 2 aromatic rings. The molecule has 0 spiro atoms. The minimum Gasteiger partial charge on any atom is -0.496 e. The number of ether oxygens (including phenoxy) is 2. The summed E-state index contributed by atoms with van der Waals surface area (Å²) in [6.45, 7) is 1.99. The normalized spacial score (nSPS) is 11.5. The fraction of sp³-hybridized carbons (Fsp3) is 0.263. The zero-order valence-electron chi connectivity index (χ0n) is 14.0. The van der Waals surface area contributed by atoms with E-state index in [1.165, 1.54) is 14.2 Å². The monoisotopic (exact) mass is 327 g/mol. The Labute approximate surface area is 141 Å². The molecular weight excluding hydrogens is 306 g/mol. The fourth-order valence-corrected chi connectivity index (χ4v) is 2.36. The minimum atomic E-state index is -0.768. The highest BCUT2D eigenvalue weighted by atomic mass is 16.5. The number of carbonyl (C=O) groups excluding carboxylic acids is 2. The summed E-state index contributed by atoms with van der Waals surface area (Å²) in [6.07, 6.45) is 0.355. The van der Waals surface area contributed by atoms with Crippen molar-refractivity contribution in [2.75, 3.05) is 14.2 Å². The van der Waals surface area contributed by atoms with Crippen LogP contribution in [-0.2, 0) is 16.0 Å². The minimum absolute atomic E-state index is 0.355. The van der Waals surface area contributed by atoms with Crippen LogP contribution < -0.4 is 10.1 Å². The third-order valence-corrected chi connectivity index (χ3v) is 3.70. The van der Waals surface area contributed by atoms with Gasteiger partial charge in [-0.1, -0.05) is 42.0 Å². The molecule has 0 saturated heterocycles. The molecule has 0 aliphatic carbocycles. The van der Waals surface area contributed by atoms with Crippen molar-refractivity contribution in [2.45, 2.75) is 19.4 Å². The Morgan fingerprint density at radius 1 is 1.04 bits per heavy atom. The van der Waals surface area contributed by atoms with Gasteiger partial charge in [-0.25, -0.2) is 4.79 Å². The average molecular weight is 327 g/mol. The molecule has 24 heavy (non-hydrogen) atoms. The number of hydrogen-bond acceptors (Lipinski definition) is 4. The molecule has 5 nitrogen and oxygen atoms in total. The van der Waals surface area contributed by atoms with E-state index in [9.17, 15) is 9.59 Å². The highest BCUT2D eigenvalue weighted by Crippen LogP contribution is 2.17. The van der Waals surface area contributed by atoms with Crippen LogP contribution >= 0.6 is 0 Å². The first-order valence-electron chi connectivity index (χ1n) is 7.62. The van der Waals surface area contributed by atoms with Gasteiger partial charge < -0.3 is 14.8 Å². The van der Waals surface area contributed by atoms with Crippen molar-refractivity contribution in [3.63, 3.8) is 0 Å². The van der Waals surface area contributed by atoms with Gasteiger partial charge in [0.1, 0.15) is 11.8 Å². The maximum atomic E-state index is 12.5. The van der Waals surface area contributed by atoms with Crippen molar-refractivity contribution in [1.29, 1.82) is 0 Å². The predicted molar refractivity (Wildman–Crippen MR) is 91.1 cm³/mol. The van der Waals surface area contributed by atoms with Crippen LogP contribution in [0.25, 0.3) is 0 Å². The highest BCUT2D eigenvalue weighted by molar-refractivity contribution is 5.99. The summed E-state index contributed by atoms with van der Waals surface area (Å²) in [5, 5.41) is 2.73. The summed E-state index contributed by atoms with van der Waals surface area (Å²) in [5.74, 6) is -0.414. The maximum Gasteiger partial charge on any atom is 0.328 e. The molecule has 1 N–H and O–H groups in total. The van der Waals surface area contributed by atoms with Crippen LogP contribution in [0.15, 0.2) is 48.5 Å². The Balaban J connectivity index is 2.17. The number of methoxy groups -OCH3 is 2. The van der Waals surface area contributed by atoms with E-state index < -0.39 is 12.0 Å². The summed E-state index contributed by atoms with van der Waals surface area (Å²) in [4.78, 5) is 24.5. The molecule has 5 heteroatoms. The first-order chi connectivity index (χ1) is 11.5. The molecule has 1 amide bonds. The summed E-state index contributed by atoms with van der Waals surface area (Å²) in [5.41, 5.74) is 2.44. The Kier molecular flexibility index (Phi) is 5.95. The number of para-hydroxylation sites is 1. The molecule has 0 bridgehead atoms. The van der Waals surface area contributed by atoms with Crippen LogP contribution in [0, 0.1) is 6.92 Å². The lowest BCUT2D eigenvalue weighted by atomic mass is 10.0. The number of esters is 1. The van der Waals surface area contributed by atoms with Gasteiger partial charge in [-0.3, -0.25) is 4.79 Å². The summed E-state index contributed by atoms with van der Waals surface area (Å²) in [7, 11) is 2.80. The van der Waals surface area contributed by atoms with E-state index in [0.29, 0.717) is 17.7 Å². The van der Waals surface area contributed by atoms with E-state index >= 15 is 0 Å². The standard InChI is InChI=1S/C19H21NO4/c1-13-8-10-14(11-9-13)12-16(19(22)24-3)20-18(21)15-6-4-5-7-17(15)23-2/h4-11,16H,12H2,1-3H3,(H,20,21)/t16-/m1/s1. The number of carbonyl (C=O) groups is 2. The quantitative estimate of drug-likeness (QED) is 0.828. The molecule has 1 atom stereocenters. The lowest BCUT2D eigenvalue weighted by Crippen LogP contribution is -2.43. The second-order valence-corrected chi connectivity index (χ2v) is 5.44. The van der Waals surface area contributed by atoms with Gasteiger partial charge in [0.15, 0.2) is 0 Å². The van der Waals surface area contributed by atoms with Crippen LogP contribution in [-0.4, -0.2) is 32.1 Å². The Morgan fingerprint density at radius 2 is 1.71 bits per heavy atom. The van der Waals surface area contributed by atoms with Crippen LogP contribution in [0.2, 0.25) is 0 Å². The number of aryl methyl sites for hydroxylation is 1. The fourth-order valence-electron chi connectivity index (χ4n) is 2.36. The van der Waals surface area contributed by atoms with Crippen molar-refractivity contribution >= 4 is 11.9 Å². The average Bonchev–Trinajstić information content (AvgIpc) is 2.62. The van der Waals surface area contributed by atoms with Crippen molar-refractivity contribution in [1.82, 2.24) is 5.32 Å². The number of hydrogen-bond donors (Lipinski definition) is 1. The third kappa shape index (κ3) is 4.35. The van der Waals surface area contributed by atoms with Gasteiger partial charge in [0.2, 0.25) is 0 Å². The molecule has 0 radical (unpaired) electrons. The van der Waals surface area contributed by atoms with E-state index in [2.05, 4.69) is 5.32 Å². The van der Waals surface area contributed by atoms with Gasteiger partial charge in [-0.15, -0.1) is 0 Å². The first kappa shape index (κ1) is 17.5. The van der Waals surface area contributed by atoms with E-state index in [-0.39, 0.29) is 5.91 Å². The van der Waals surface area contributed by atoms with Crippen molar-refractivity contribution < 1.29 is 19.1 Å². The molecule has 2 aromatic carbocycles. The van der Waals surface area contributed by atoms with E-state index in [4.69, 9.17) is 9.47 Å². The molecule has 0 unspecified atom stereocenters. The predicted octanol–water partition coefficient (Wildman–Crippen LogP) is 2.52. The second kappa shape index (κ2) is 8.15. The van der Waals surface area contributed by atoms with E-state index in [1.807, 2.05) is 31.2 Å². The molecule has 0 aliphatic rings. The van der Waals surface area contributed by atoms with Gasteiger partial charge in [0.05, 0.1) is 19.8 Å². The van der Waals surface area contributed by atoms with Gasteiger partial charge in [-0.05, 0) is 24.6 Å². The number of benzene rings is 2. The van der Waals surface area contributed by atoms with Crippen molar-refractivity contribution in [3.8, 4) is 5.75 Å². The van der Waals surface area contributed by atoms with Gasteiger partial charge in [0.25, 0.3) is 5.91 Å². The van der Waals surface area contributed by atoms with Crippen molar-refractivity contribution in [2.24, 2.45) is 0 Å². The third-order valence-electron chi connectivity index (χ3n) is 3.70. The van der Waals surface area contributed by atoms with E-state index in [0.717, 1.165) is 11.1 Å². The molecule has 0 aliphatic heterocycles. The Bertz CT molecular complexity index is 710. The summed E-state index contributed by atoms with van der Waals surface area (Å²) >= 11 is 0. The van der Waals surface area contributed by atoms with Gasteiger partial charge in [-0.2, -0.15) is 0 Å².